The highest BCUT2D eigenvalue weighted by Crippen LogP contribution is 2.44. The number of carbonyl (C=O) groups is 2. The van der Waals surface area contributed by atoms with Gasteiger partial charge in [-0.1, -0.05) is 42.5 Å². The number of ether oxygens (including phenoxy) is 2. The number of fused-ring (bicyclic) bond motifs is 3. The van der Waals surface area contributed by atoms with Crippen molar-refractivity contribution in [1.82, 2.24) is 20.0 Å². The molecule has 6 rings (SSSR count). The first-order valence-electron chi connectivity index (χ1n) is 14.1. The molecule has 2 aliphatic rings. The predicted octanol–water partition coefficient (Wildman–Crippen LogP) is 4.62. The van der Waals surface area contributed by atoms with Gasteiger partial charge in [0.25, 0.3) is 0 Å². The highest BCUT2D eigenvalue weighted by Gasteiger charge is 2.35. The number of hydrogen-bond donors (Lipinski definition) is 1. The number of methoxy groups -OCH3 is 1. The minimum absolute atomic E-state index is 0.153. The smallest absolute Gasteiger partial charge is 0.245 e. The van der Waals surface area contributed by atoms with Crippen molar-refractivity contribution in [2.24, 2.45) is 5.92 Å². The quantitative estimate of drug-likeness (QED) is 0.221. The van der Waals surface area contributed by atoms with E-state index in [-0.39, 0.29) is 12.2 Å². The minimum atomic E-state index is -1.53. The van der Waals surface area contributed by atoms with Gasteiger partial charge >= 0.3 is 0 Å². The Balaban J connectivity index is 1.24. The van der Waals surface area contributed by atoms with E-state index in [4.69, 9.17) is 14.6 Å². The number of morpholine rings is 1. The Morgan fingerprint density at radius 2 is 1.86 bits per heavy atom. The van der Waals surface area contributed by atoms with E-state index in [0.717, 1.165) is 57.4 Å². The van der Waals surface area contributed by atoms with Crippen LogP contribution in [0.5, 0.6) is 5.75 Å². The molecule has 4 aromatic rings. The van der Waals surface area contributed by atoms with E-state index in [1.165, 1.54) is 0 Å². The van der Waals surface area contributed by atoms with Crippen LogP contribution in [0.15, 0.2) is 77.7 Å². The largest absolute Gasteiger partial charge is 0.496 e. The Hall–Kier alpha value is -4.43. The lowest BCUT2D eigenvalue weighted by molar-refractivity contribution is -0.122. The number of para-hydroxylation sites is 1. The maximum atomic E-state index is 13.8. The Morgan fingerprint density at radius 3 is 2.63 bits per heavy atom. The van der Waals surface area contributed by atoms with Crippen molar-refractivity contribution in [2.45, 2.75) is 23.7 Å². The average molecular weight is 594 g/mol. The molecule has 3 heterocycles. The van der Waals surface area contributed by atoms with Gasteiger partial charge in [0.15, 0.2) is 5.92 Å². The van der Waals surface area contributed by atoms with Crippen molar-refractivity contribution >= 4 is 23.5 Å². The molecule has 10 heteroatoms. The lowest BCUT2D eigenvalue weighted by Crippen LogP contribution is -2.36. The molecule has 0 radical (unpaired) electrons. The molecule has 43 heavy (non-hydrogen) atoms. The van der Waals surface area contributed by atoms with Crippen LogP contribution in [-0.4, -0.2) is 59.8 Å². The summed E-state index contributed by atoms with van der Waals surface area (Å²) in [6.07, 6.45) is 0. The van der Waals surface area contributed by atoms with Crippen LogP contribution in [-0.2, 0) is 28.4 Å². The van der Waals surface area contributed by atoms with E-state index in [1.54, 1.807) is 23.6 Å². The van der Waals surface area contributed by atoms with Gasteiger partial charge in [-0.25, -0.2) is 4.68 Å². The van der Waals surface area contributed by atoms with Crippen molar-refractivity contribution in [3.05, 3.63) is 95.2 Å². The molecule has 0 bridgehead atoms. The number of nitriles is 1. The number of nitrogens with zero attached hydrogens (tertiary/aromatic N) is 4. The zero-order valence-electron chi connectivity index (χ0n) is 23.8. The number of nitrogens with one attached hydrogen (secondary N) is 1. The third-order valence-corrected chi connectivity index (χ3v) is 8.79. The Kier molecular flexibility index (Phi) is 8.56. The van der Waals surface area contributed by atoms with Crippen LogP contribution in [0.4, 0.5) is 0 Å². The summed E-state index contributed by atoms with van der Waals surface area (Å²) in [5, 5.41) is 17.5. The lowest BCUT2D eigenvalue weighted by atomic mass is 9.97. The summed E-state index contributed by atoms with van der Waals surface area (Å²) in [6.45, 7) is 3.93. The molecular weight excluding hydrogens is 562 g/mol. The van der Waals surface area contributed by atoms with Crippen molar-refractivity contribution in [3.63, 3.8) is 0 Å². The highest BCUT2D eigenvalue weighted by molar-refractivity contribution is 7.98. The zero-order chi connectivity index (χ0) is 29.8. The van der Waals surface area contributed by atoms with E-state index in [0.29, 0.717) is 25.5 Å². The fraction of sp³-hybridized carbons (Fsp3) is 0.273. The number of rotatable bonds is 9. The monoisotopic (exact) mass is 593 g/mol. The number of amides is 1. The molecule has 218 valence electrons. The van der Waals surface area contributed by atoms with Gasteiger partial charge in [-0.2, -0.15) is 10.4 Å². The number of benzene rings is 3. The second-order valence-electron chi connectivity index (χ2n) is 10.4. The SMILES string of the molecule is COc1ccc(CNC(=O)C(C#N)C(=O)c2nn(-c3ccccc3)c3c2CSc2ccccc2-3)cc1CN1CCOCC1. The van der Waals surface area contributed by atoms with Gasteiger partial charge in [-0.05, 0) is 35.9 Å². The normalized spacial score (nSPS) is 15.1. The molecule has 1 saturated heterocycles. The molecule has 1 N–H and O–H groups in total. The predicted molar refractivity (Wildman–Crippen MR) is 163 cm³/mol. The minimum Gasteiger partial charge on any atom is -0.496 e. The number of ketones is 1. The topological polar surface area (TPSA) is 109 Å². The van der Waals surface area contributed by atoms with Crippen LogP contribution >= 0.6 is 11.8 Å². The van der Waals surface area contributed by atoms with Gasteiger partial charge in [0.1, 0.15) is 11.4 Å². The molecule has 1 atom stereocenters. The molecule has 0 aliphatic carbocycles. The molecule has 9 nitrogen and oxygen atoms in total. The molecule has 3 aromatic carbocycles. The standard InChI is InChI=1S/C33H31N5O4S/c1-41-28-12-11-22(17-23(28)20-37-13-15-42-16-14-37)19-35-33(40)26(18-34)32(39)30-27-21-43-29-10-6-5-9-25(29)31(27)38(36-30)24-7-3-2-4-8-24/h2-12,17,26H,13-16,19-21H2,1H3,(H,35,40). The van der Waals surface area contributed by atoms with Gasteiger partial charge in [0.05, 0.1) is 37.8 Å². The molecule has 1 unspecified atom stereocenters. The van der Waals surface area contributed by atoms with Gasteiger partial charge in [0.2, 0.25) is 11.7 Å². The highest BCUT2D eigenvalue weighted by atomic mass is 32.2. The third kappa shape index (κ3) is 5.92. The van der Waals surface area contributed by atoms with Crippen LogP contribution < -0.4 is 10.1 Å². The number of thioether (sulfide) groups is 1. The number of carbonyl (C=O) groups excluding carboxylic acids is 2. The van der Waals surface area contributed by atoms with Crippen molar-refractivity contribution in [2.75, 3.05) is 33.4 Å². The summed E-state index contributed by atoms with van der Waals surface area (Å²) >= 11 is 1.61. The molecule has 0 spiro atoms. The first-order valence-corrected chi connectivity index (χ1v) is 15.1. The van der Waals surface area contributed by atoms with Crippen molar-refractivity contribution in [3.8, 4) is 28.8 Å². The van der Waals surface area contributed by atoms with E-state index in [1.807, 2.05) is 78.9 Å². The first-order chi connectivity index (χ1) is 21.1. The van der Waals surface area contributed by atoms with Gasteiger partial charge < -0.3 is 14.8 Å². The maximum Gasteiger partial charge on any atom is 0.245 e. The summed E-state index contributed by atoms with van der Waals surface area (Å²) in [5.41, 5.74) is 5.31. The Morgan fingerprint density at radius 1 is 1.09 bits per heavy atom. The van der Waals surface area contributed by atoms with Crippen LogP contribution in [0, 0.1) is 17.2 Å². The number of aromatic nitrogens is 2. The van der Waals surface area contributed by atoms with Crippen LogP contribution in [0.2, 0.25) is 0 Å². The first kappa shape index (κ1) is 28.7. The second kappa shape index (κ2) is 12.8. The average Bonchev–Trinajstić information content (AvgIpc) is 3.45. The van der Waals surface area contributed by atoms with E-state index in [9.17, 15) is 14.9 Å². The fourth-order valence-corrected chi connectivity index (χ4v) is 6.55. The van der Waals surface area contributed by atoms with Gasteiger partial charge in [-0.3, -0.25) is 14.5 Å². The summed E-state index contributed by atoms with van der Waals surface area (Å²) < 4.78 is 12.8. The van der Waals surface area contributed by atoms with E-state index in [2.05, 4.69) is 10.2 Å². The second-order valence-corrected chi connectivity index (χ2v) is 11.4. The Labute approximate surface area is 254 Å². The maximum absolute atomic E-state index is 13.8. The van der Waals surface area contributed by atoms with Crippen LogP contribution in [0.25, 0.3) is 16.9 Å². The fourth-order valence-electron chi connectivity index (χ4n) is 5.49. The molecule has 1 aromatic heterocycles. The van der Waals surface area contributed by atoms with Crippen LogP contribution in [0.3, 0.4) is 0 Å². The van der Waals surface area contributed by atoms with Gasteiger partial charge in [-0.15, -0.1) is 11.8 Å². The van der Waals surface area contributed by atoms with E-state index >= 15 is 0 Å². The van der Waals surface area contributed by atoms with Crippen molar-refractivity contribution in [1.29, 1.82) is 5.26 Å². The molecule has 2 aliphatic heterocycles. The molecule has 1 fully saturated rings. The summed E-state index contributed by atoms with van der Waals surface area (Å²) in [5.74, 6) is -1.50. The summed E-state index contributed by atoms with van der Waals surface area (Å²) in [4.78, 5) is 30.5. The number of hydrogen-bond acceptors (Lipinski definition) is 8. The molecule has 1 amide bonds. The summed E-state index contributed by atoms with van der Waals surface area (Å²) in [7, 11) is 1.64. The third-order valence-electron chi connectivity index (χ3n) is 7.69. The zero-order valence-corrected chi connectivity index (χ0v) is 24.6. The molecule has 0 saturated carbocycles. The van der Waals surface area contributed by atoms with Gasteiger partial charge in [0, 0.05) is 53.5 Å². The van der Waals surface area contributed by atoms with E-state index < -0.39 is 17.6 Å². The number of Topliss-reactive ketones (excluding diaryl/α,β-unsaturated/α-hetero) is 1. The summed E-state index contributed by atoms with van der Waals surface area (Å²) in [6, 6.07) is 25.2. The lowest BCUT2D eigenvalue weighted by Gasteiger charge is -2.27. The molecular formula is C33H31N5O4S. The van der Waals surface area contributed by atoms with Crippen LogP contribution in [0.1, 0.15) is 27.2 Å². The van der Waals surface area contributed by atoms with Crippen molar-refractivity contribution < 1.29 is 19.1 Å². The Bertz CT molecular complexity index is 1690.